The number of nitrogens with two attached hydrogens (primary N) is 1. The molecule has 0 spiro atoms. The molecule has 20 heavy (non-hydrogen) atoms. The second-order valence-corrected chi connectivity index (χ2v) is 5.58. The zero-order chi connectivity index (χ0) is 14.2. The predicted molar refractivity (Wildman–Crippen MR) is 81.5 cm³/mol. The van der Waals surface area contributed by atoms with Crippen LogP contribution >= 0.6 is 0 Å². The van der Waals surface area contributed by atoms with Gasteiger partial charge in [0.1, 0.15) is 0 Å². The molecule has 4 N–H and O–H groups in total. The van der Waals surface area contributed by atoms with Crippen LogP contribution in [0.15, 0.2) is 30.3 Å². The number of amides is 2. The molecule has 1 aliphatic carbocycles. The van der Waals surface area contributed by atoms with Crippen molar-refractivity contribution in [2.75, 3.05) is 6.54 Å². The van der Waals surface area contributed by atoms with Gasteiger partial charge in [0.15, 0.2) is 0 Å². The molecule has 1 aliphatic rings. The Labute approximate surface area is 121 Å². The van der Waals surface area contributed by atoms with Gasteiger partial charge in [0.2, 0.25) is 0 Å². The highest BCUT2D eigenvalue weighted by molar-refractivity contribution is 5.74. The van der Waals surface area contributed by atoms with E-state index in [-0.39, 0.29) is 12.1 Å². The highest BCUT2D eigenvalue weighted by Crippen LogP contribution is 2.17. The van der Waals surface area contributed by atoms with Gasteiger partial charge in [-0.2, -0.15) is 0 Å². The monoisotopic (exact) mass is 275 g/mol. The van der Waals surface area contributed by atoms with Crippen molar-refractivity contribution >= 4 is 6.03 Å². The van der Waals surface area contributed by atoms with Crippen LogP contribution in [0.3, 0.4) is 0 Å². The minimum atomic E-state index is -0.0803. The van der Waals surface area contributed by atoms with Gasteiger partial charge in [-0.15, -0.1) is 0 Å². The quantitative estimate of drug-likeness (QED) is 0.771. The minimum absolute atomic E-state index is 0.0130. The number of nitrogens with one attached hydrogen (secondary N) is 2. The van der Waals surface area contributed by atoms with E-state index >= 15 is 0 Å². The Kier molecular flexibility index (Phi) is 5.87. The summed E-state index contributed by atoms with van der Waals surface area (Å²) in [5, 5.41) is 6.05. The molecule has 1 aromatic carbocycles. The van der Waals surface area contributed by atoms with Gasteiger partial charge in [-0.3, -0.25) is 0 Å². The lowest BCUT2D eigenvalue weighted by molar-refractivity contribution is 0.229. The number of rotatable bonds is 5. The van der Waals surface area contributed by atoms with E-state index in [1.165, 1.54) is 24.8 Å². The van der Waals surface area contributed by atoms with Crippen molar-refractivity contribution in [1.82, 2.24) is 10.6 Å². The third-order valence-corrected chi connectivity index (χ3v) is 3.89. The molecule has 0 aliphatic heterocycles. The Hall–Kier alpha value is -1.55. The minimum Gasteiger partial charge on any atom is -0.335 e. The highest BCUT2D eigenvalue weighted by atomic mass is 16.2. The largest absolute Gasteiger partial charge is 0.335 e. The molecule has 0 radical (unpaired) electrons. The SMILES string of the molecule is NCC(Cc1ccccc1)NC(=O)NC1CCCCC1. The summed E-state index contributed by atoms with van der Waals surface area (Å²) in [5.41, 5.74) is 6.95. The summed E-state index contributed by atoms with van der Waals surface area (Å²) < 4.78 is 0. The fourth-order valence-electron chi connectivity index (χ4n) is 2.75. The van der Waals surface area contributed by atoms with E-state index in [2.05, 4.69) is 22.8 Å². The summed E-state index contributed by atoms with van der Waals surface area (Å²) in [5.74, 6) is 0. The van der Waals surface area contributed by atoms with Gasteiger partial charge >= 0.3 is 6.03 Å². The van der Waals surface area contributed by atoms with Crippen molar-refractivity contribution in [3.8, 4) is 0 Å². The number of benzene rings is 1. The molecular formula is C16H25N3O. The smallest absolute Gasteiger partial charge is 0.315 e. The first-order valence-corrected chi connectivity index (χ1v) is 7.59. The molecule has 1 atom stereocenters. The van der Waals surface area contributed by atoms with Gasteiger partial charge < -0.3 is 16.4 Å². The van der Waals surface area contributed by atoms with Gasteiger partial charge in [-0.25, -0.2) is 4.79 Å². The lowest BCUT2D eigenvalue weighted by Gasteiger charge is -2.24. The van der Waals surface area contributed by atoms with Crippen LogP contribution in [0, 0.1) is 0 Å². The maximum Gasteiger partial charge on any atom is 0.315 e. The van der Waals surface area contributed by atoms with Gasteiger partial charge in [0.25, 0.3) is 0 Å². The van der Waals surface area contributed by atoms with Crippen LogP contribution in [0.2, 0.25) is 0 Å². The Morgan fingerprint density at radius 3 is 2.55 bits per heavy atom. The van der Waals surface area contributed by atoms with Crippen LogP contribution in [-0.2, 0) is 6.42 Å². The van der Waals surface area contributed by atoms with Crippen LogP contribution in [0.5, 0.6) is 0 Å². The second kappa shape index (κ2) is 7.90. The van der Waals surface area contributed by atoms with E-state index in [0.717, 1.165) is 19.3 Å². The van der Waals surface area contributed by atoms with Crippen molar-refractivity contribution in [3.63, 3.8) is 0 Å². The van der Waals surface area contributed by atoms with E-state index < -0.39 is 0 Å². The number of hydrogen-bond acceptors (Lipinski definition) is 2. The highest BCUT2D eigenvalue weighted by Gasteiger charge is 2.17. The Bertz CT molecular complexity index is 401. The average Bonchev–Trinajstić information content (AvgIpc) is 2.48. The normalized spacial score (nSPS) is 17.4. The van der Waals surface area contributed by atoms with Crippen molar-refractivity contribution in [3.05, 3.63) is 35.9 Å². The number of carbonyl (C=O) groups excluding carboxylic acids is 1. The summed E-state index contributed by atoms with van der Waals surface area (Å²) in [6.45, 7) is 0.451. The molecule has 1 aromatic rings. The zero-order valence-corrected chi connectivity index (χ0v) is 12.0. The van der Waals surface area contributed by atoms with E-state index in [1.807, 2.05) is 18.2 Å². The molecular weight excluding hydrogens is 250 g/mol. The molecule has 0 aromatic heterocycles. The van der Waals surface area contributed by atoms with Crippen molar-refractivity contribution in [1.29, 1.82) is 0 Å². The lowest BCUT2D eigenvalue weighted by Crippen LogP contribution is -2.49. The van der Waals surface area contributed by atoms with Crippen molar-refractivity contribution in [2.24, 2.45) is 5.73 Å². The molecule has 1 unspecified atom stereocenters. The lowest BCUT2D eigenvalue weighted by atomic mass is 9.96. The molecule has 0 heterocycles. The van der Waals surface area contributed by atoms with Crippen LogP contribution < -0.4 is 16.4 Å². The Morgan fingerprint density at radius 1 is 1.20 bits per heavy atom. The van der Waals surface area contributed by atoms with Crippen LogP contribution in [0.4, 0.5) is 4.79 Å². The van der Waals surface area contributed by atoms with E-state index in [0.29, 0.717) is 12.6 Å². The first-order chi connectivity index (χ1) is 9.78. The predicted octanol–water partition coefficient (Wildman–Crippen LogP) is 2.19. The van der Waals surface area contributed by atoms with E-state index in [1.54, 1.807) is 0 Å². The van der Waals surface area contributed by atoms with E-state index in [9.17, 15) is 4.79 Å². The van der Waals surface area contributed by atoms with Crippen molar-refractivity contribution in [2.45, 2.75) is 50.6 Å². The van der Waals surface area contributed by atoms with Crippen molar-refractivity contribution < 1.29 is 4.79 Å². The molecule has 0 bridgehead atoms. The molecule has 110 valence electrons. The topological polar surface area (TPSA) is 67.1 Å². The molecule has 0 saturated heterocycles. The third kappa shape index (κ3) is 4.85. The summed E-state index contributed by atoms with van der Waals surface area (Å²) in [4.78, 5) is 12.0. The second-order valence-electron chi connectivity index (χ2n) is 5.58. The summed E-state index contributed by atoms with van der Waals surface area (Å²) in [7, 11) is 0. The summed E-state index contributed by atoms with van der Waals surface area (Å²) >= 11 is 0. The molecule has 2 amide bonds. The Balaban J connectivity index is 1.78. The fraction of sp³-hybridized carbons (Fsp3) is 0.562. The number of carbonyl (C=O) groups is 1. The van der Waals surface area contributed by atoms with Crippen LogP contribution in [0.25, 0.3) is 0 Å². The van der Waals surface area contributed by atoms with Crippen LogP contribution in [0.1, 0.15) is 37.7 Å². The number of hydrogen-bond donors (Lipinski definition) is 3. The molecule has 4 heteroatoms. The number of urea groups is 1. The van der Waals surface area contributed by atoms with E-state index in [4.69, 9.17) is 5.73 Å². The van der Waals surface area contributed by atoms with Gasteiger partial charge in [0.05, 0.1) is 0 Å². The zero-order valence-electron chi connectivity index (χ0n) is 12.0. The first kappa shape index (κ1) is 14.9. The summed E-state index contributed by atoms with van der Waals surface area (Å²) in [6.07, 6.45) is 6.69. The fourth-order valence-corrected chi connectivity index (χ4v) is 2.75. The maximum absolute atomic E-state index is 12.0. The molecule has 4 nitrogen and oxygen atoms in total. The van der Waals surface area contributed by atoms with Gasteiger partial charge in [-0.1, -0.05) is 49.6 Å². The standard InChI is InChI=1S/C16H25N3O/c17-12-15(11-13-7-3-1-4-8-13)19-16(20)18-14-9-5-2-6-10-14/h1,3-4,7-8,14-15H,2,5-6,9-12,17H2,(H2,18,19,20). The first-order valence-electron chi connectivity index (χ1n) is 7.59. The molecule has 1 fully saturated rings. The van der Waals surface area contributed by atoms with Gasteiger partial charge in [-0.05, 0) is 24.8 Å². The molecule has 1 saturated carbocycles. The summed E-state index contributed by atoms with van der Waals surface area (Å²) in [6, 6.07) is 10.4. The molecule has 2 rings (SSSR count). The Morgan fingerprint density at radius 2 is 1.90 bits per heavy atom. The third-order valence-electron chi connectivity index (χ3n) is 3.89. The van der Waals surface area contributed by atoms with Gasteiger partial charge in [0, 0.05) is 18.6 Å². The van der Waals surface area contributed by atoms with Crippen LogP contribution in [-0.4, -0.2) is 24.7 Å². The average molecular weight is 275 g/mol. The maximum atomic E-state index is 12.0.